The lowest BCUT2D eigenvalue weighted by Crippen LogP contribution is -2.30. The van der Waals surface area contributed by atoms with Gasteiger partial charge in [-0.05, 0) is 44.9 Å². The number of ether oxygens (including phenoxy) is 1. The van der Waals surface area contributed by atoms with E-state index in [1.54, 1.807) is 13.0 Å². The number of amides is 1. The Morgan fingerprint density at radius 3 is 2.67 bits per heavy atom. The first kappa shape index (κ1) is 18.6. The van der Waals surface area contributed by atoms with Gasteiger partial charge >= 0.3 is 5.97 Å². The molecule has 3 rings (SSSR count). The van der Waals surface area contributed by atoms with Crippen LogP contribution in [0.5, 0.6) is 0 Å². The lowest BCUT2D eigenvalue weighted by Gasteiger charge is -2.15. The Balaban J connectivity index is 1.68. The predicted molar refractivity (Wildman–Crippen MR) is 100 cm³/mol. The molecule has 1 atom stereocenters. The maximum Gasteiger partial charge on any atom is 0.311 e. The standard InChI is InChI=1S/C20H21N3O4/c1-11-9-18(23-27-11)22-20(25)14(4)26-19(24)10-16-12(2)15-7-5-6-8-17(15)21-13(16)3/h5-9,14H,10H2,1-4H3,(H,22,23,25)/t14-/m1/s1. The SMILES string of the molecule is Cc1cc(NC(=O)[C@@H](C)OC(=O)Cc2c(C)nc3ccccc3c2C)no1. The van der Waals surface area contributed by atoms with E-state index in [4.69, 9.17) is 9.26 Å². The molecule has 1 N–H and O–H groups in total. The van der Waals surface area contributed by atoms with Crippen molar-refractivity contribution in [1.82, 2.24) is 10.1 Å². The molecule has 1 aromatic carbocycles. The summed E-state index contributed by atoms with van der Waals surface area (Å²) in [6.45, 7) is 7.06. The van der Waals surface area contributed by atoms with Crippen LogP contribution < -0.4 is 5.32 Å². The zero-order valence-corrected chi connectivity index (χ0v) is 15.7. The Hall–Kier alpha value is -3.22. The quantitative estimate of drug-likeness (QED) is 0.696. The van der Waals surface area contributed by atoms with Gasteiger partial charge in [-0.25, -0.2) is 0 Å². The van der Waals surface area contributed by atoms with Gasteiger partial charge in [0, 0.05) is 17.1 Å². The number of nitrogens with one attached hydrogen (secondary N) is 1. The van der Waals surface area contributed by atoms with E-state index in [1.807, 2.05) is 38.1 Å². The zero-order valence-electron chi connectivity index (χ0n) is 15.7. The molecule has 140 valence electrons. The minimum absolute atomic E-state index is 0.0518. The number of fused-ring (bicyclic) bond motifs is 1. The van der Waals surface area contributed by atoms with Gasteiger partial charge < -0.3 is 14.6 Å². The number of para-hydroxylation sites is 1. The second-order valence-electron chi connectivity index (χ2n) is 6.44. The summed E-state index contributed by atoms with van der Waals surface area (Å²) in [4.78, 5) is 29.1. The summed E-state index contributed by atoms with van der Waals surface area (Å²) in [7, 11) is 0. The summed E-state index contributed by atoms with van der Waals surface area (Å²) in [6, 6.07) is 9.36. The number of aromatic nitrogens is 2. The van der Waals surface area contributed by atoms with Crippen LogP contribution in [0.4, 0.5) is 5.82 Å². The third-order valence-electron chi connectivity index (χ3n) is 4.36. The highest BCUT2D eigenvalue weighted by Gasteiger charge is 2.21. The van der Waals surface area contributed by atoms with Crippen molar-refractivity contribution in [2.45, 2.75) is 40.2 Å². The highest BCUT2D eigenvalue weighted by atomic mass is 16.5. The number of anilines is 1. The summed E-state index contributed by atoms with van der Waals surface area (Å²) in [5.74, 6) is -0.102. The number of hydrogen-bond acceptors (Lipinski definition) is 6. The summed E-state index contributed by atoms with van der Waals surface area (Å²) in [6.07, 6.45) is -0.903. The molecule has 7 heteroatoms. The van der Waals surface area contributed by atoms with Crippen LogP contribution in [0.1, 0.15) is 29.5 Å². The van der Waals surface area contributed by atoms with Crippen molar-refractivity contribution in [3.05, 3.63) is 52.9 Å². The molecule has 7 nitrogen and oxygen atoms in total. The summed E-state index contributed by atoms with van der Waals surface area (Å²) in [5, 5.41) is 7.23. The molecule has 0 radical (unpaired) electrons. The number of hydrogen-bond donors (Lipinski definition) is 1. The van der Waals surface area contributed by atoms with Crippen molar-refractivity contribution in [2.75, 3.05) is 5.32 Å². The first-order valence-corrected chi connectivity index (χ1v) is 8.63. The lowest BCUT2D eigenvalue weighted by molar-refractivity contribution is -0.152. The number of nitrogens with zero attached hydrogens (tertiary/aromatic N) is 2. The van der Waals surface area contributed by atoms with Crippen molar-refractivity contribution in [3.63, 3.8) is 0 Å². The van der Waals surface area contributed by atoms with E-state index in [1.165, 1.54) is 6.92 Å². The third-order valence-corrected chi connectivity index (χ3v) is 4.36. The largest absolute Gasteiger partial charge is 0.452 e. The molecule has 0 aliphatic carbocycles. The van der Waals surface area contributed by atoms with Crippen LogP contribution in [0.15, 0.2) is 34.9 Å². The number of aryl methyl sites for hydroxylation is 3. The maximum atomic E-state index is 12.4. The molecule has 0 saturated carbocycles. The fourth-order valence-corrected chi connectivity index (χ4v) is 2.92. The van der Waals surface area contributed by atoms with E-state index in [0.717, 1.165) is 27.7 Å². The van der Waals surface area contributed by atoms with Crippen LogP contribution in [0, 0.1) is 20.8 Å². The molecule has 0 bridgehead atoms. The molecule has 2 heterocycles. The van der Waals surface area contributed by atoms with Gasteiger partial charge in [0.05, 0.1) is 11.9 Å². The van der Waals surface area contributed by atoms with Crippen LogP contribution >= 0.6 is 0 Å². The van der Waals surface area contributed by atoms with Gasteiger partial charge in [0.1, 0.15) is 5.76 Å². The van der Waals surface area contributed by atoms with E-state index in [2.05, 4.69) is 15.5 Å². The monoisotopic (exact) mass is 367 g/mol. The molecule has 1 amide bonds. The first-order chi connectivity index (χ1) is 12.8. The van der Waals surface area contributed by atoms with E-state index in [0.29, 0.717) is 5.76 Å². The first-order valence-electron chi connectivity index (χ1n) is 8.63. The molecule has 0 unspecified atom stereocenters. The van der Waals surface area contributed by atoms with E-state index >= 15 is 0 Å². The highest BCUT2D eigenvalue weighted by molar-refractivity contribution is 5.94. The van der Waals surface area contributed by atoms with Crippen molar-refractivity contribution >= 4 is 28.6 Å². The molecule has 0 aliphatic heterocycles. The Labute approximate surface area is 156 Å². The lowest BCUT2D eigenvalue weighted by atomic mass is 10.00. The Kier molecular flexibility index (Phi) is 5.21. The predicted octanol–water partition coefficient (Wildman–Crippen LogP) is 3.26. The number of benzene rings is 1. The number of carbonyl (C=O) groups is 2. The summed E-state index contributed by atoms with van der Waals surface area (Å²) in [5.41, 5.74) is 3.47. The average molecular weight is 367 g/mol. The van der Waals surface area contributed by atoms with Crippen LogP contribution in [-0.2, 0) is 20.7 Å². The van der Waals surface area contributed by atoms with Crippen molar-refractivity contribution in [1.29, 1.82) is 0 Å². The molecule has 27 heavy (non-hydrogen) atoms. The van der Waals surface area contributed by atoms with Gasteiger partial charge in [0.2, 0.25) is 0 Å². The number of rotatable bonds is 5. The number of pyridine rings is 1. The van der Waals surface area contributed by atoms with Gasteiger partial charge in [-0.2, -0.15) is 0 Å². The number of esters is 1. The van der Waals surface area contributed by atoms with E-state index in [-0.39, 0.29) is 12.2 Å². The molecule has 0 saturated heterocycles. The Bertz CT molecular complexity index is 1010. The molecule has 0 spiro atoms. The fraction of sp³-hybridized carbons (Fsp3) is 0.300. The molecule has 2 aromatic heterocycles. The summed E-state index contributed by atoms with van der Waals surface area (Å²) >= 11 is 0. The molecular formula is C20H21N3O4. The Morgan fingerprint density at radius 2 is 1.96 bits per heavy atom. The maximum absolute atomic E-state index is 12.4. The second-order valence-corrected chi connectivity index (χ2v) is 6.44. The van der Waals surface area contributed by atoms with Crippen molar-refractivity contribution < 1.29 is 18.8 Å². The molecule has 0 fully saturated rings. The minimum atomic E-state index is -0.955. The number of carbonyl (C=O) groups excluding carboxylic acids is 2. The summed E-state index contributed by atoms with van der Waals surface area (Å²) < 4.78 is 10.2. The Morgan fingerprint density at radius 1 is 1.22 bits per heavy atom. The topological polar surface area (TPSA) is 94.3 Å². The molecule has 0 aliphatic rings. The van der Waals surface area contributed by atoms with Crippen molar-refractivity contribution in [3.8, 4) is 0 Å². The van der Waals surface area contributed by atoms with E-state index in [9.17, 15) is 9.59 Å². The van der Waals surface area contributed by atoms with Gasteiger partial charge in [0.25, 0.3) is 5.91 Å². The van der Waals surface area contributed by atoms with Gasteiger partial charge in [-0.15, -0.1) is 0 Å². The van der Waals surface area contributed by atoms with Gasteiger partial charge in [-0.1, -0.05) is 23.4 Å². The van der Waals surface area contributed by atoms with Crippen LogP contribution in [0.3, 0.4) is 0 Å². The smallest absolute Gasteiger partial charge is 0.311 e. The van der Waals surface area contributed by atoms with Crippen LogP contribution in [-0.4, -0.2) is 28.1 Å². The molecule has 3 aromatic rings. The van der Waals surface area contributed by atoms with Crippen LogP contribution in [0.25, 0.3) is 10.9 Å². The average Bonchev–Trinajstić information content (AvgIpc) is 3.03. The van der Waals surface area contributed by atoms with Gasteiger partial charge in [0.15, 0.2) is 11.9 Å². The normalized spacial score (nSPS) is 12.0. The fourth-order valence-electron chi connectivity index (χ4n) is 2.92. The van der Waals surface area contributed by atoms with Gasteiger partial charge in [-0.3, -0.25) is 14.6 Å². The molecular weight excluding hydrogens is 346 g/mol. The third kappa shape index (κ3) is 4.13. The van der Waals surface area contributed by atoms with E-state index < -0.39 is 18.0 Å². The zero-order chi connectivity index (χ0) is 19.6. The highest BCUT2D eigenvalue weighted by Crippen LogP contribution is 2.23. The minimum Gasteiger partial charge on any atom is -0.452 e. The van der Waals surface area contributed by atoms with Crippen LogP contribution in [0.2, 0.25) is 0 Å². The second kappa shape index (κ2) is 7.57. The van der Waals surface area contributed by atoms with Crippen molar-refractivity contribution in [2.24, 2.45) is 0 Å².